The van der Waals surface area contributed by atoms with Gasteiger partial charge in [-0.1, -0.05) is 52.0 Å². The molecule has 1 aliphatic rings. The van der Waals surface area contributed by atoms with E-state index in [9.17, 15) is 9.90 Å². The van der Waals surface area contributed by atoms with Crippen molar-refractivity contribution in [2.75, 3.05) is 6.61 Å². The number of hydrogen-bond donors (Lipinski definition) is 2. The predicted molar refractivity (Wildman–Crippen MR) is 109 cm³/mol. The number of rotatable bonds is 5. The van der Waals surface area contributed by atoms with Gasteiger partial charge in [0.25, 0.3) is 0 Å². The zero-order valence-corrected chi connectivity index (χ0v) is 16.8. The first-order valence-corrected chi connectivity index (χ1v) is 9.62. The Labute approximate surface area is 161 Å². The van der Waals surface area contributed by atoms with E-state index in [0.717, 1.165) is 28.9 Å². The van der Waals surface area contributed by atoms with Crippen LogP contribution in [0.4, 0.5) is 4.79 Å². The molecule has 0 spiro atoms. The van der Waals surface area contributed by atoms with Crippen LogP contribution in [0.2, 0.25) is 0 Å². The van der Waals surface area contributed by atoms with Gasteiger partial charge in [0.2, 0.25) is 0 Å². The summed E-state index contributed by atoms with van der Waals surface area (Å²) >= 11 is 0. The molecule has 144 valence electrons. The molecule has 0 aliphatic heterocycles. The summed E-state index contributed by atoms with van der Waals surface area (Å²) in [6.45, 7) is 11.1. The van der Waals surface area contributed by atoms with Crippen LogP contribution in [0.5, 0.6) is 5.75 Å². The van der Waals surface area contributed by atoms with Crippen LogP contribution in [0.1, 0.15) is 63.3 Å². The Kier molecular flexibility index (Phi) is 5.18. The molecule has 2 N–H and O–H groups in total. The van der Waals surface area contributed by atoms with Crippen molar-refractivity contribution >= 4 is 6.09 Å². The number of amides is 1. The first kappa shape index (κ1) is 19.3. The Balaban J connectivity index is 2.08. The van der Waals surface area contributed by atoms with Gasteiger partial charge in [-0.2, -0.15) is 0 Å². The zero-order valence-electron chi connectivity index (χ0n) is 16.8. The Bertz CT molecular complexity index is 837. The van der Waals surface area contributed by atoms with Crippen LogP contribution in [-0.2, 0) is 6.42 Å². The minimum Gasteiger partial charge on any atom is -0.493 e. The van der Waals surface area contributed by atoms with Crippen molar-refractivity contribution in [3.63, 3.8) is 0 Å². The highest BCUT2D eigenvalue weighted by Crippen LogP contribution is 2.48. The highest BCUT2D eigenvalue weighted by Gasteiger charge is 2.40. The number of carbonyl (C=O) groups is 1. The van der Waals surface area contributed by atoms with Crippen LogP contribution >= 0.6 is 0 Å². The van der Waals surface area contributed by atoms with E-state index in [1.165, 1.54) is 11.1 Å². The number of hydrogen-bond acceptors (Lipinski definition) is 2. The smallest absolute Gasteiger partial charge is 0.405 e. The van der Waals surface area contributed by atoms with Crippen LogP contribution in [0.3, 0.4) is 0 Å². The van der Waals surface area contributed by atoms with Gasteiger partial charge >= 0.3 is 6.09 Å². The van der Waals surface area contributed by atoms with Gasteiger partial charge in [-0.15, -0.1) is 0 Å². The lowest BCUT2D eigenvalue weighted by atomic mass is 9.85. The van der Waals surface area contributed by atoms with Gasteiger partial charge in [0.15, 0.2) is 0 Å². The molecule has 0 fully saturated rings. The molecule has 1 aliphatic carbocycles. The van der Waals surface area contributed by atoms with Crippen molar-refractivity contribution in [3.8, 4) is 16.9 Å². The summed E-state index contributed by atoms with van der Waals surface area (Å²) < 4.78 is 5.94. The maximum Gasteiger partial charge on any atom is 0.405 e. The van der Waals surface area contributed by atoms with Gasteiger partial charge in [0.05, 0.1) is 12.6 Å². The summed E-state index contributed by atoms with van der Waals surface area (Å²) in [6, 6.07) is 12.6. The van der Waals surface area contributed by atoms with Crippen LogP contribution < -0.4 is 10.1 Å². The molecule has 2 aromatic carbocycles. The third-order valence-corrected chi connectivity index (χ3v) is 5.44. The number of nitrogens with one attached hydrogen (secondary N) is 1. The van der Waals surface area contributed by atoms with Crippen LogP contribution in [0, 0.1) is 5.41 Å². The fraction of sp³-hybridized carbons (Fsp3) is 0.435. The summed E-state index contributed by atoms with van der Waals surface area (Å²) in [6.07, 6.45) is -0.163. The molecule has 3 rings (SSSR count). The molecule has 2 aromatic rings. The number of benzene rings is 2. The average molecular weight is 367 g/mol. The SMILES string of the molecule is CCOc1cc2c(cc1-c1ccc(C(C)C)cc1)CC(C)(C)[C@H]2NC(=O)O. The molecule has 0 saturated heterocycles. The lowest BCUT2D eigenvalue weighted by Crippen LogP contribution is -2.34. The summed E-state index contributed by atoms with van der Waals surface area (Å²) in [5.41, 5.74) is 5.53. The van der Waals surface area contributed by atoms with Crippen molar-refractivity contribution < 1.29 is 14.6 Å². The standard InChI is InChI=1S/C23H29NO3/c1-6-27-20-12-19-17(13-23(4,5)21(19)24-22(25)26)11-18(20)16-9-7-15(8-10-16)14(2)3/h7-12,14,21,24H,6,13H2,1-5H3,(H,25,26)/t21-/m0/s1. The Morgan fingerprint density at radius 3 is 2.48 bits per heavy atom. The maximum absolute atomic E-state index is 11.3. The lowest BCUT2D eigenvalue weighted by Gasteiger charge is -2.27. The highest BCUT2D eigenvalue weighted by atomic mass is 16.5. The molecule has 27 heavy (non-hydrogen) atoms. The minimum atomic E-state index is -0.993. The maximum atomic E-state index is 11.3. The quantitative estimate of drug-likeness (QED) is 0.705. The van der Waals surface area contributed by atoms with Gasteiger partial charge < -0.3 is 15.2 Å². The normalized spacial score (nSPS) is 17.6. The summed E-state index contributed by atoms with van der Waals surface area (Å²) in [5, 5.41) is 12.0. The van der Waals surface area contributed by atoms with Gasteiger partial charge in [-0.05, 0) is 59.1 Å². The number of fused-ring (bicyclic) bond motifs is 1. The predicted octanol–water partition coefficient (Wildman–Crippen LogP) is 5.77. The molecule has 0 aromatic heterocycles. The molecular formula is C23H29NO3. The topological polar surface area (TPSA) is 58.6 Å². The van der Waals surface area contributed by atoms with Crippen LogP contribution in [0.15, 0.2) is 36.4 Å². The van der Waals surface area contributed by atoms with Crippen molar-refractivity contribution in [3.05, 3.63) is 53.1 Å². The van der Waals surface area contributed by atoms with Crippen LogP contribution in [-0.4, -0.2) is 17.8 Å². The average Bonchev–Trinajstić information content (AvgIpc) is 2.84. The van der Waals surface area contributed by atoms with Crippen molar-refractivity contribution in [1.29, 1.82) is 0 Å². The molecule has 4 heteroatoms. The molecule has 0 unspecified atom stereocenters. The van der Waals surface area contributed by atoms with E-state index in [4.69, 9.17) is 4.74 Å². The first-order valence-electron chi connectivity index (χ1n) is 9.62. The van der Waals surface area contributed by atoms with Gasteiger partial charge in [-0.25, -0.2) is 4.79 Å². The first-order chi connectivity index (χ1) is 12.7. The summed E-state index contributed by atoms with van der Waals surface area (Å²) in [5.74, 6) is 1.30. The van der Waals surface area contributed by atoms with E-state index in [1.807, 2.05) is 13.0 Å². The van der Waals surface area contributed by atoms with Crippen molar-refractivity contribution in [1.82, 2.24) is 5.32 Å². The van der Waals surface area contributed by atoms with E-state index in [1.54, 1.807) is 0 Å². The monoisotopic (exact) mass is 367 g/mol. The van der Waals surface area contributed by atoms with Gasteiger partial charge in [0.1, 0.15) is 5.75 Å². The minimum absolute atomic E-state index is 0.176. The Hall–Kier alpha value is -2.49. The molecule has 1 amide bonds. The molecule has 0 heterocycles. The highest BCUT2D eigenvalue weighted by molar-refractivity contribution is 5.74. The molecule has 4 nitrogen and oxygen atoms in total. The van der Waals surface area contributed by atoms with E-state index in [2.05, 4.69) is 63.3 Å². The van der Waals surface area contributed by atoms with E-state index >= 15 is 0 Å². The van der Waals surface area contributed by atoms with Gasteiger partial charge in [0, 0.05) is 5.56 Å². The molecule has 1 atom stereocenters. The molecule has 0 saturated carbocycles. The summed E-state index contributed by atoms with van der Waals surface area (Å²) in [7, 11) is 0. The second kappa shape index (κ2) is 7.26. The number of carboxylic acid groups (broad SMARTS) is 1. The van der Waals surface area contributed by atoms with Crippen molar-refractivity contribution in [2.45, 2.75) is 53.0 Å². The molecule has 0 radical (unpaired) electrons. The van der Waals surface area contributed by atoms with Crippen molar-refractivity contribution in [2.24, 2.45) is 5.41 Å². The second-order valence-electron chi connectivity index (χ2n) is 8.30. The third kappa shape index (κ3) is 3.80. The van der Waals surface area contributed by atoms with Crippen LogP contribution in [0.25, 0.3) is 11.1 Å². The third-order valence-electron chi connectivity index (χ3n) is 5.44. The fourth-order valence-corrected chi connectivity index (χ4v) is 4.02. The van der Waals surface area contributed by atoms with E-state index in [0.29, 0.717) is 12.5 Å². The zero-order chi connectivity index (χ0) is 19.8. The molecule has 0 bridgehead atoms. The summed E-state index contributed by atoms with van der Waals surface area (Å²) in [4.78, 5) is 11.3. The van der Waals surface area contributed by atoms with E-state index < -0.39 is 6.09 Å². The fourth-order valence-electron chi connectivity index (χ4n) is 4.02. The van der Waals surface area contributed by atoms with E-state index in [-0.39, 0.29) is 11.5 Å². The molecular weight excluding hydrogens is 338 g/mol. The number of ether oxygens (including phenoxy) is 1. The largest absolute Gasteiger partial charge is 0.493 e. The second-order valence-corrected chi connectivity index (χ2v) is 8.30. The lowest BCUT2D eigenvalue weighted by molar-refractivity contribution is 0.175. The van der Waals surface area contributed by atoms with Gasteiger partial charge in [-0.3, -0.25) is 0 Å². The Morgan fingerprint density at radius 1 is 1.26 bits per heavy atom. The Morgan fingerprint density at radius 2 is 1.93 bits per heavy atom.